The average Bonchev–Trinajstić information content (AvgIpc) is 2.90. The summed E-state index contributed by atoms with van der Waals surface area (Å²) in [6, 6.07) is 3.35. The van der Waals surface area contributed by atoms with Crippen molar-refractivity contribution in [2.24, 2.45) is 0 Å². The molecule has 0 aromatic carbocycles. The summed E-state index contributed by atoms with van der Waals surface area (Å²) >= 11 is 0. The SMILES string of the molecule is CCOc1ncccc1C(=O)NCc1ncn[nH]1. The largest absolute Gasteiger partial charge is 0.477 e. The van der Waals surface area contributed by atoms with Crippen molar-refractivity contribution in [3.8, 4) is 5.88 Å². The van der Waals surface area contributed by atoms with E-state index < -0.39 is 0 Å². The Balaban J connectivity index is 2.04. The third-order valence-electron chi connectivity index (χ3n) is 2.18. The van der Waals surface area contributed by atoms with Gasteiger partial charge in [0.15, 0.2) is 0 Å². The summed E-state index contributed by atoms with van der Waals surface area (Å²) in [4.78, 5) is 19.9. The number of aromatic nitrogens is 4. The molecule has 0 aliphatic carbocycles. The zero-order valence-corrected chi connectivity index (χ0v) is 9.88. The van der Waals surface area contributed by atoms with E-state index in [4.69, 9.17) is 4.74 Å². The fraction of sp³-hybridized carbons (Fsp3) is 0.273. The van der Waals surface area contributed by atoms with Gasteiger partial charge >= 0.3 is 0 Å². The fourth-order valence-corrected chi connectivity index (χ4v) is 1.39. The number of hydrogen-bond acceptors (Lipinski definition) is 5. The van der Waals surface area contributed by atoms with Gasteiger partial charge in [-0.3, -0.25) is 9.89 Å². The third-order valence-corrected chi connectivity index (χ3v) is 2.18. The number of nitrogens with zero attached hydrogens (tertiary/aromatic N) is 3. The molecule has 0 radical (unpaired) electrons. The van der Waals surface area contributed by atoms with Gasteiger partial charge in [-0.05, 0) is 19.1 Å². The minimum Gasteiger partial charge on any atom is -0.477 e. The predicted octanol–water partition coefficient (Wildman–Crippen LogP) is 0.528. The van der Waals surface area contributed by atoms with Crippen molar-refractivity contribution in [3.63, 3.8) is 0 Å². The summed E-state index contributed by atoms with van der Waals surface area (Å²) < 4.78 is 5.29. The van der Waals surface area contributed by atoms with E-state index in [1.807, 2.05) is 6.92 Å². The molecule has 2 N–H and O–H groups in total. The maximum absolute atomic E-state index is 11.9. The minimum absolute atomic E-state index is 0.261. The van der Waals surface area contributed by atoms with Gasteiger partial charge in [0.05, 0.1) is 13.2 Å². The van der Waals surface area contributed by atoms with E-state index in [0.29, 0.717) is 23.9 Å². The first-order chi connectivity index (χ1) is 8.81. The smallest absolute Gasteiger partial charge is 0.257 e. The van der Waals surface area contributed by atoms with Crippen molar-refractivity contribution in [3.05, 3.63) is 36.0 Å². The molecule has 0 saturated heterocycles. The van der Waals surface area contributed by atoms with E-state index in [1.54, 1.807) is 18.3 Å². The van der Waals surface area contributed by atoms with E-state index in [-0.39, 0.29) is 12.5 Å². The molecule has 18 heavy (non-hydrogen) atoms. The topological polar surface area (TPSA) is 92.8 Å². The van der Waals surface area contributed by atoms with Gasteiger partial charge in [0.2, 0.25) is 5.88 Å². The quantitative estimate of drug-likeness (QED) is 0.803. The molecule has 0 fully saturated rings. The van der Waals surface area contributed by atoms with Gasteiger partial charge < -0.3 is 10.1 Å². The Morgan fingerprint density at radius 2 is 2.39 bits per heavy atom. The van der Waals surface area contributed by atoms with E-state index in [1.165, 1.54) is 6.33 Å². The molecule has 0 bridgehead atoms. The van der Waals surface area contributed by atoms with Crippen LogP contribution in [0, 0.1) is 0 Å². The number of pyridine rings is 1. The zero-order chi connectivity index (χ0) is 12.8. The summed E-state index contributed by atoms with van der Waals surface area (Å²) in [6.07, 6.45) is 2.97. The van der Waals surface area contributed by atoms with Crippen molar-refractivity contribution in [2.45, 2.75) is 13.5 Å². The number of aromatic amines is 1. The lowest BCUT2D eigenvalue weighted by atomic mass is 10.2. The number of ether oxygens (including phenoxy) is 1. The van der Waals surface area contributed by atoms with Gasteiger partial charge in [-0.25, -0.2) is 9.97 Å². The Kier molecular flexibility index (Phi) is 3.85. The van der Waals surface area contributed by atoms with Crippen LogP contribution in [0.25, 0.3) is 0 Å². The second-order valence-electron chi connectivity index (χ2n) is 3.40. The number of carbonyl (C=O) groups excluding carboxylic acids is 1. The van der Waals surface area contributed by atoms with Crippen LogP contribution in [0.2, 0.25) is 0 Å². The lowest BCUT2D eigenvalue weighted by Crippen LogP contribution is -2.24. The first kappa shape index (κ1) is 12.0. The fourth-order valence-electron chi connectivity index (χ4n) is 1.39. The third kappa shape index (κ3) is 2.82. The van der Waals surface area contributed by atoms with Gasteiger partial charge in [-0.2, -0.15) is 5.10 Å². The highest BCUT2D eigenvalue weighted by Gasteiger charge is 2.13. The number of nitrogens with one attached hydrogen (secondary N) is 2. The second-order valence-corrected chi connectivity index (χ2v) is 3.40. The first-order valence-electron chi connectivity index (χ1n) is 5.51. The molecule has 0 atom stereocenters. The Morgan fingerprint density at radius 1 is 1.50 bits per heavy atom. The van der Waals surface area contributed by atoms with Crippen LogP contribution in [-0.4, -0.2) is 32.7 Å². The molecule has 2 aromatic heterocycles. The van der Waals surface area contributed by atoms with E-state index in [0.717, 1.165) is 0 Å². The lowest BCUT2D eigenvalue weighted by molar-refractivity contribution is 0.0945. The van der Waals surface area contributed by atoms with Crippen LogP contribution in [-0.2, 0) is 6.54 Å². The van der Waals surface area contributed by atoms with Crippen LogP contribution in [0.1, 0.15) is 23.1 Å². The molecule has 7 heteroatoms. The summed E-state index contributed by atoms with van der Waals surface area (Å²) in [7, 11) is 0. The Morgan fingerprint density at radius 3 is 3.11 bits per heavy atom. The van der Waals surface area contributed by atoms with Crippen LogP contribution in [0.3, 0.4) is 0 Å². The normalized spacial score (nSPS) is 10.1. The van der Waals surface area contributed by atoms with Gasteiger partial charge in [0.25, 0.3) is 5.91 Å². The van der Waals surface area contributed by atoms with Crippen molar-refractivity contribution in [2.75, 3.05) is 6.61 Å². The second kappa shape index (κ2) is 5.76. The molecule has 0 unspecified atom stereocenters. The van der Waals surface area contributed by atoms with E-state index >= 15 is 0 Å². The number of rotatable bonds is 5. The van der Waals surface area contributed by atoms with Crippen molar-refractivity contribution in [1.82, 2.24) is 25.5 Å². The number of carbonyl (C=O) groups is 1. The predicted molar refractivity (Wildman–Crippen MR) is 63.0 cm³/mol. The Bertz CT molecular complexity index is 512. The van der Waals surface area contributed by atoms with Crippen LogP contribution < -0.4 is 10.1 Å². The summed E-state index contributed by atoms with van der Waals surface area (Å²) in [6.45, 7) is 2.57. The van der Waals surface area contributed by atoms with Gasteiger partial charge in [0, 0.05) is 6.20 Å². The molecule has 2 aromatic rings. The van der Waals surface area contributed by atoms with Gasteiger partial charge in [-0.15, -0.1) is 0 Å². The molecule has 0 saturated carbocycles. The monoisotopic (exact) mass is 247 g/mol. The summed E-state index contributed by atoms with van der Waals surface area (Å²) in [5.41, 5.74) is 0.402. The molecular weight excluding hydrogens is 234 g/mol. The summed E-state index contributed by atoms with van der Waals surface area (Å²) in [5.74, 6) is 0.656. The Labute approximate surface area is 104 Å². The molecule has 94 valence electrons. The molecule has 7 nitrogen and oxygen atoms in total. The highest BCUT2D eigenvalue weighted by Crippen LogP contribution is 2.13. The molecular formula is C11H13N5O2. The van der Waals surface area contributed by atoms with E-state index in [9.17, 15) is 4.79 Å². The van der Waals surface area contributed by atoms with Crippen LogP contribution in [0.5, 0.6) is 5.88 Å². The Hall–Kier alpha value is -2.44. The van der Waals surface area contributed by atoms with Crippen molar-refractivity contribution >= 4 is 5.91 Å². The van der Waals surface area contributed by atoms with Crippen molar-refractivity contribution < 1.29 is 9.53 Å². The number of hydrogen-bond donors (Lipinski definition) is 2. The van der Waals surface area contributed by atoms with Crippen LogP contribution in [0.4, 0.5) is 0 Å². The maximum Gasteiger partial charge on any atom is 0.257 e. The summed E-state index contributed by atoms with van der Waals surface area (Å²) in [5, 5.41) is 9.06. The van der Waals surface area contributed by atoms with Crippen LogP contribution >= 0.6 is 0 Å². The molecule has 2 heterocycles. The number of H-pyrrole nitrogens is 1. The standard InChI is InChI=1S/C11H13N5O2/c1-2-18-11-8(4-3-5-12-11)10(17)13-6-9-14-7-15-16-9/h3-5,7H,2,6H2,1H3,(H,13,17)(H,14,15,16). The maximum atomic E-state index is 11.9. The lowest BCUT2D eigenvalue weighted by Gasteiger charge is -2.08. The molecule has 0 aliphatic heterocycles. The first-order valence-corrected chi connectivity index (χ1v) is 5.51. The molecule has 2 rings (SSSR count). The van der Waals surface area contributed by atoms with E-state index in [2.05, 4.69) is 25.5 Å². The number of amides is 1. The zero-order valence-electron chi connectivity index (χ0n) is 9.88. The molecule has 0 spiro atoms. The van der Waals surface area contributed by atoms with Gasteiger partial charge in [-0.1, -0.05) is 0 Å². The molecule has 1 amide bonds. The highest BCUT2D eigenvalue weighted by molar-refractivity contribution is 5.96. The highest BCUT2D eigenvalue weighted by atomic mass is 16.5. The van der Waals surface area contributed by atoms with Crippen LogP contribution in [0.15, 0.2) is 24.7 Å². The molecule has 0 aliphatic rings. The minimum atomic E-state index is -0.261. The van der Waals surface area contributed by atoms with Crippen molar-refractivity contribution in [1.29, 1.82) is 0 Å². The van der Waals surface area contributed by atoms with Gasteiger partial charge in [0.1, 0.15) is 17.7 Å². The average molecular weight is 247 g/mol.